The van der Waals surface area contributed by atoms with Crippen LogP contribution in [-0.2, 0) is 0 Å². The molecule has 8 nitrogen and oxygen atoms in total. The molecule has 1 aliphatic carbocycles. The van der Waals surface area contributed by atoms with E-state index >= 15 is 0 Å². The molecule has 0 aromatic carbocycles. The highest BCUT2D eigenvalue weighted by molar-refractivity contribution is 5.34. The van der Waals surface area contributed by atoms with Gasteiger partial charge >= 0.3 is 6.01 Å². The van der Waals surface area contributed by atoms with E-state index in [9.17, 15) is 5.11 Å². The summed E-state index contributed by atoms with van der Waals surface area (Å²) in [6.07, 6.45) is 3.87. The van der Waals surface area contributed by atoms with Gasteiger partial charge in [-0.15, -0.1) is 0 Å². The van der Waals surface area contributed by atoms with Crippen molar-refractivity contribution in [2.45, 2.75) is 31.8 Å². The van der Waals surface area contributed by atoms with E-state index in [4.69, 9.17) is 10.6 Å². The minimum atomic E-state index is -0.253. The average Bonchev–Trinajstić information content (AvgIpc) is 2.46. The Morgan fingerprint density at radius 2 is 2.00 bits per heavy atom. The van der Waals surface area contributed by atoms with E-state index in [0.717, 1.165) is 25.7 Å². The fourth-order valence-electron chi connectivity index (χ4n) is 2.24. The van der Waals surface area contributed by atoms with Crippen LogP contribution in [-0.4, -0.2) is 39.8 Å². The van der Waals surface area contributed by atoms with Crippen LogP contribution in [0.3, 0.4) is 0 Å². The molecule has 0 spiro atoms. The molecule has 2 unspecified atom stereocenters. The molecule has 0 saturated heterocycles. The molecule has 1 fully saturated rings. The Morgan fingerprint density at radius 1 is 1.26 bits per heavy atom. The minimum Gasteiger partial charge on any atom is -0.467 e. The maximum atomic E-state index is 9.90. The third-order valence-electron chi connectivity index (χ3n) is 3.32. The molecule has 0 aliphatic heterocycles. The summed E-state index contributed by atoms with van der Waals surface area (Å²) < 4.78 is 4.96. The van der Waals surface area contributed by atoms with Crippen LogP contribution >= 0.6 is 0 Å². The van der Waals surface area contributed by atoms with E-state index in [0.29, 0.717) is 12.5 Å². The topological polar surface area (TPSA) is 118 Å². The number of hydrogen-bond donors (Lipinski definition) is 4. The third-order valence-corrected chi connectivity index (χ3v) is 3.32. The van der Waals surface area contributed by atoms with E-state index in [1.165, 1.54) is 7.11 Å². The average molecular weight is 268 g/mol. The fraction of sp³-hybridized carbons (Fsp3) is 0.727. The van der Waals surface area contributed by atoms with Gasteiger partial charge in [-0.25, -0.2) is 5.84 Å². The minimum absolute atomic E-state index is 0.189. The van der Waals surface area contributed by atoms with Crippen LogP contribution < -0.4 is 21.3 Å². The highest BCUT2D eigenvalue weighted by Gasteiger charge is 2.23. The maximum Gasteiger partial charge on any atom is 0.322 e. The number of aliphatic hydroxyl groups excluding tert-OH is 1. The zero-order valence-electron chi connectivity index (χ0n) is 11.0. The first-order valence-corrected chi connectivity index (χ1v) is 6.41. The predicted molar refractivity (Wildman–Crippen MR) is 70.6 cm³/mol. The lowest BCUT2D eigenvalue weighted by molar-refractivity contribution is 0.0762. The molecule has 0 amide bonds. The van der Waals surface area contributed by atoms with Gasteiger partial charge in [-0.05, 0) is 12.8 Å². The Bertz CT molecular complexity index is 394. The van der Waals surface area contributed by atoms with Crippen molar-refractivity contribution in [2.75, 3.05) is 24.4 Å². The second-order valence-electron chi connectivity index (χ2n) is 4.61. The van der Waals surface area contributed by atoms with Crippen LogP contribution in [0.5, 0.6) is 6.01 Å². The van der Waals surface area contributed by atoms with Gasteiger partial charge in [0.05, 0.1) is 13.2 Å². The van der Waals surface area contributed by atoms with Crippen LogP contribution in [0.25, 0.3) is 0 Å². The Kier molecular flexibility index (Phi) is 4.69. The molecule has 1 aromatic heterocycles. The quantitative estimate of drug-likeness (QED) is 0.439. The van der Waals surface area contributed by atoms with Crippen molar-refractivity contribution in [1.29, 1.82) is 0 Å². The SMILES string of the molecule is COc1nc(NN)nc(NCC2CCCCC2O)n1. The number of nitrogen functional groups attached to an aromatic ring is 1. The molecule has 1 saturated carbocycles. The summed E-state index contributed by atoms with van der Waals surface area (Å²) in [6.45, 7) is 0.623. The number of aliphatic hydroxyl groups is 1. The third kappa shape index (κ3) is 3.65. The van der Waals surface area contributed by atoms with Gasteiger partial charge in [0.1, 0.15) is 0 Å². The molecule has 5 N–H and O–H groups in total. The zero-order valence-corrected chi connectivity index (χ0v) is 11.0. The number of nitrogens with zero attached hydrogens (tertiary/aromatic N) is 3. The van der Waals surface area contributed by atoms with Crippen LogP contribution in [0.15, 0.2) is 0 Å². The van der Waals surface area contributed by atoms with E-state index in [-0.39, 0.29) is 24.0 Å². The van der Waals surface area contributed by atoms with Crippen molar-refractivity contribution in [3.63, 3.8) is 0 Å². The van der Waals surface area contributed by atoms with Gasteiger partial charge in [0.25, 0.3) is 0 Å². The summed E-state index contributed by atoms with van der Waals surface area (Å²) in [5.74, 6) is 6.13. The Balaban J connectivity index is 1.98. The van der Waals surface area contributed by atoms with Gasteiger partial charge in [0.2, 0.25) is 11.9 Å². The Hall–Kier alpha value is -1.67. The first-order chi connectivity index (χ1) is 9.22. The van der Waals surface area contributed by atoms with Crippen molar-refractivity contribution >= 4 is 11.9 Å². The van der Waals surface area contributed by atoms with E-state index in [1.807, 2.05) is 0 Å². The first kappa shape index (κ1) is 13.8. The molecule has 0 bridgehead atoms. The number of rotatable bonds is 5. The molecule has 19 heavy (non-hydrogen) atoms. The summed E-state index contributed by atoms with van der Waals surface area (Å²) in [5, 5.41) is 13.0. The van der Waals surface area contributed by atoms with Gasteiger partial charge in [0.15, 0.2) is 0 Å². The highest BCUT2D eigenvalue weighted by Crippen LogP contribution is 2.24. The Morgan fingerprint density at radius 3 is 2.68 bits per heavy atom. The van der Waals surface area contributed by atoms with Gasteiger partial charge in [-0.1, -0.05) is 12.8 Å². The van der Waals surface area contributed by atoms with Crippen LogP contribution in [0.4, 0.5) is 11.9 Å². The number of ether oxygens (including phenoxy) is 1. The van der Waals surface area contributed by atoms with Gasteiger partial charge in [-0.2, -0.15) is 15.0 Å². The monoisotopic (exact) mass is 268 g/mol. The fourth-order valence-corrected chi connectivity index (χ4v) is 2.24. The van der Waals surface area contributed by atoms with Crippen LogP contribution in [0.1, 0.15) is 25.7 Å². The van der Waals surface area contributed by atoms with Gasteiger partial charge in [0, 0.05) is 12.5 Å². The summed E-state index contributed by atoms with van der Waals surface area (Å²) >= 11 is 0. The normalized spacial score (nSPS) is 22.9. The van der Waals surface area contributed by atoms with Gasteiger partial charge < -0.3 is 15.2 Å². The molecule has 1 heterocycles. The smallest absolute Gasteiger partial charge is 0.322 e. The lowest BCUT2D eigenvalue weighted by Gasteiger charge is -2.27. The van der Waals surface area contributed by atoms with Crippen molar-refractivity contribution in [3.8, 4) is 6.01 Å². The predicted octanol–water partition coefficient (Wildman–Crippen LogP) is 0.129. The Labute approximate surface area is 111 Å². The number of anilines is 2. The van der Waals surface area contributed by atoms with E-state index in [1.54, 1.807) is 0 Å². The zero-order chi connectivity index (χ0) is 13.7. The number of nitrogens with one attached hydrogen (secondary N) is 2. The summed E-state index contributed by atoms with van der Waals surface area (Å²) in [6, 6.07) is 0.189. The molecule has 106 valence electrons. The highest BCUT2D eigenvalue weighted by atomic mass is 16.5. The second kappa shape index (κ2) is 6.48. The molecule has 0 radical (unpaired) electrons. The molecule has 1 aliphatic rings. The standard InChI is InChI=1S/C11H20N6O2/c1-19-11-15-9(14-10(16-11)17-12)13-6-7-4-2-3-5-8(7)18/h7-8,18H,2-6,12H2,1H3,(H2,13,14,15,16,17). The van der Waals surface area contributed by atoms with Crippen LogP contribution in [0.2, 0.25) is 0 Å². The van der Waals surface area contributed by atoms with E-state index in [2.05, 4.69) is 25.7 Å². The van der Waals surface area contributed by atoms with Crippen molar-refractivity contribution < 1.29 is 9.84 Å². The molecule has 2 atom stereocenters. The summed E-state index contributed by atoms with van der Waals surface area (Å²) in [5.41, 5.74) is 2.36. The summed E-state index contributed by atoms with van der Waals surface area (Å²) in [4.78, 5) is 12.1. The molecular weight excluding hydrogens is 248 g/mol. The van der Waals surface area contributed by atoms with E-state index < -0.39 is 0 Å². The molecule has 1 aromatic rings. The number of aromatic nitrogens is 3. The second-order valence-corrected chi connectivity index (χ2v) is 4.61. The number of methoxy groups -OCH3 is 1. The molecular formula is C11H20N6O2. The first-order valence-electron chi connectivity index (χ1n) is 6.41. The van der Waals surface area contributed by atoms with Gasteiger partial charge in [-0.3, -0.25) is 5.43 Å². The largest absolute Gasteiger partial charge is 0.467 e. The molecule has 8 heteroatoms. The van der Waals surface area contributed by atoms with Crippen molar-refractivity contribution in [3.05, 3.63) is 0 Å². The van der Waals surface area contributed by atoms with Crippen LogP contribution in [0, 0.1) is 5.92 Å². The number of hydrazine groups is 1. The van der Waals surface area contributed by atoms with Crippen molar-refractivity contribution in [1.82, 2.24) is 15.0 Å². The number of hydrogen-bond acceptors (Lipinski definition) is 8. The summed E-state index contributed by atoms with van der Waals surface area (Å²) in [7, 11) is 1.48. The lowest BCUT2D eigenvalue weighted by Crippen LogP contribution is -2.30. The number of nitrogens with two attached hydrogens (primary N) is 1. The van der Waals surface area contributed by atoms with Crippen molar-refractivity contribution in [2.24, 2.45) is 11.8 Å². The molecule has 2 rings (SSSR count). The maximum absolute atomic E-state index is 9.90. The lowest BCUT2D eigenvalue weighted by atomic mass is 9.86.